The van der Waals surface area contributed by atoms with Crippen molar-refractivity contribution in [3.63, 3.8) is 0 Å². The Morgan fingerprint density at radius 2 is 1.86 bits per heavy atom. The monoisotopic (exact) mass is 698 g/mol. The van der Waals surface area contributed by atoms with Gasteiger partial charge in [0.15, 0.2) is 4.80 Å². The van der Waals surface area contributed by atoms with Crippen molar-refractivity contribution >= 4 is 71.2 Å². The third kappa shape index (κ3) is 5.11. The first-order valence-electron chi connectivity index (χ1n) is 10.8. The van der Waals surface area contributed by atoms with Gasteiger partial charge in [0, 0.05) is 10.0 Å². The summed E-state index contributed by atoms with van der Waals surface area (Å²) in [6.07, 6.45) is 1.37. The average Bonchev–Trinajstić information content (AvgIpc) is 3.10. The summed E-state index contributed by atoms with van der Waals surface area (Å²) >= 11 is 11.4. The van der Waals surface area contributed by atoms with E-state index in [9.17, 15) is 14.7 Å². The largest absolute Gasteiger partial charge is 0.506 e. The second kappa shape index (κ2) is 10.6. The minimum absolute atomic E-state index is 0.0688. The Morgan fingerprint density at radius 3 is 2.47 bits per heavy atom. The lowest BCUT2D eigenvalue weighted by molar-refractivity contribution is -0.143. The number of fused-ring (bicyclic) bond motifs is 1. The normalized spacial score (nSPS) is 15.7. The summed E-state index contributed by atoms with van der Waals surface area (Å²) in [6.45, 7) is 5.27. The summed E-state index contributed by atoms with van der Waals surface area (Å²) in [5.74, 6) is 0.0481. The molecule has 0 fully saturated rings. The van der Waals surface area contributed by atoms with E-state index in [1.54, 1.807) is 52.2 Å². The molecule has 3 aromatic rings. The van der Waals surface area contributed by atoms with Crippen LogP contribution in [0.4, 0.5) is 0 Å². The topological polar surface area (TPSA) is 90.1 Å². The number of rotatable bonds is 5. The summed E-state index contributed by atoms with van der Waals surface area (Å²) in [4.78, 5) is 32.1. The van der Waals surface area contributed by atoms with Gasteiger partial charge in [0.25, 0.3) is 5.56 Å². The number of carbonyl (C=O) groups is 1. The zero-order chi connectivity index (χ0) is 26.3. The minimum atomic E-state index is -0.805. The fourth-order valence-corrected chi connectivity index (χ4v) is 6.54. The second-order valence-electron chi connectivity index (χ2n) is 8.26. The number of aromatic hydroxyl groups is 1. The summed E-state index contributed by atoms with van der Waals surface area (Å²) in [5, 5.41) is 10.0. The fourth-order valence-electron chi connectivity index (χ4n) is 3.89. The highest BCUT2D eigenvalue weighted by Crippen LogP contribution is 2.37. The molecule has 0 aliphatic carbocycles. The molecular weight excluding hydrogens is 680 g/mol. The summed E-state index contributed by atoms with van der Waals surface area (Å²) < 4.78 is 14.8. The number of carbonyl (C=O) groups excluding carboxylic acids is 1. The Hall–Kier alpha value is -2.21. The lowest BCUT2D eigenvalue weighted by Gasteiger charge is -2.26. The van der Waals surface area contributed by atoms with Gasteiger partial charge in [-0.2, -0.15) is 0 Å². The van der Waals surface area contributed by atoms with Gasteiger partial charge in [-0.05, 0) is 94.6 Å². The Bertz CT molecular complexity index is 1570. The smallest absolute Gasteiger partial charge is 0.338 e. The van der Waals surface area contributed by atoms with Crippen LogP contribution in [0.2, 0.25) is 0 Å². The zero-order valence-corrected chi connectivity index (χ0v) is 25.2. The van der Waals surface area contributed by atoms with Gasteiger partial charge in [-0.3, -0.25) is 9.36 Å². The van der Waals surface area contributed by atoms with Gasteiger partial charge >= 0.3 is 5.97 Å². The van der Waals surface area contributed by atoms with Crippen LogP contribution in [0.3, 0.4) is 0 Å². The number of esters is 1. The van der Waals surface area contributed by atoms with Crippen molar-refractivity contribution < 1.29 is 19.4 Å². The van der Waals surface area contributed by atoms with Crippen molar-refractivity contribution in [1.82, 2.24) is 4.57 Å². The van der Waals surface area contributed by atoms with E-state index in [-0.39, 0.29) is 23.0 Å². The molecule has 0 spiro atoms. The van der Waals surface area contributed by atoms with E-state index < -0.39 is 12.0 Å². The number of thiazole rings is 1. The maximum atomic E-state index is 13.8. The predicted molar refractivity (Wildman–Crippen MR) is 149 cm³/mol. The lowest BCUT2D eigenvalue weighted by Crippen LogP contribution is -2.40. The molecule has 11 heteroatoms. The van der Waals surface area contributed by atoms with Crippen LogP contribution in [0, 0.1) is 0 Å². The van der Waals surface area contributed by atoms with Crippen LogP contribution in [-0.2, 0) is 9.53 Å². The average molecular weight is 701 g/mol. The van der Waals surface area contributed by atoms with Crippen LogP contribution in [-0.4, -0.2) is 28.9 Å². The number of aromatic nitrogens is 1. The van der Waals surface area contributed by atoms with Crippen LogP contribution in [0.25, 0.3) is 6.08 Å². The van der Waals surface area contributed by atoms with Crippen molar-refractivity contribution in [2.24, 2.45) is 4.99 Å². The van der Waals surface area contributed by atoms with Crippen LogP contribution in [0.1, 0.15) is 37.9 Å². The van der Waals surface area contributed by atoms with Gasteiger partial charge in [-0.1, -0.05) is 27.3 Å². The maximum absolute atomic E-state index is 13.8. The molecule has 7 nitrogen and oxygen atoms in total. The van der Waals surface area contributed by atoms with Crippen molar-refractivity contribution in [3.05, 3.63) is 85.8 Å². The van der Waals surface area contributed by atoms with E-state index in [2.05, 4.69) is 52.8 Å². The number of phenols is 1. The van der Waals surface area contributed by atoms with Gasteiger partial charge in [-0.15, -0.1) is 0 Å². The molecule has 1 aromatic heterocycles. The number of ether oxygens (including phenoxy) is 2. The first kappa shape index (κ1) is 26.8. The first-order valence-corrected chi connectivity index (χ1v) is 14.0. The standard InChI is InChI=1S/C25H21Br3N2O5S/c1-11(2)35-24(33)20-12(3)29-25-30(21(20)15-10-14(26)5-6-18(15)34-4)23(32)19(36-25)9-13-7-16(27)22(31)17(28)8-13/h5-11,21,31H,1-4H3/b19-9-/t21-/m1/s1. The Labute approximate surface area is 236 Å². The lowest BCUT2D eigenvalue weighted by atomic mass is 9.95. The van der Waals surface area contributed by atoms with Crippen molar-refractivity contribution in [1.29, 1.82) is 0 Å². The van der Waals surface area contributed by atoms with Crippen LogP contribution >= 0.6 is 59.1 Å². The number of hydrogen-bond donors (Lipinski definition) is 1. The van der Waals surface area contributed by atoms with Gasteiger partial charge in [0.05, 0.1) is 38.0 Å². The Kier molecular flexibility index (Phi) is 7.94. The van der Waals surface area contributed by atoms with Gasteiger partial charge in [0.2, 0.25) is 0 Å². The molecule has 2 aromatic carbocycles. The number of nitrogens with zero attached hydrogens (tertiary/aromatic N) is 2. The van der Waals surface area contributed by atoms with Crippen molar-refractivity contribution in [2.75, 3.05) is 7.11 Å². The highest BCUT2D eigenvalue weighted by atomic mass is 79.9. The molecule has 0 amide bonds. The third-order valence-electron chi connectivity index (χ3n) is 5.41. The van der Waals surface area contributed by atoms with Gasteiger partial charge < -0.3 is 14.6 Å². The molecule has 1 N–H and O–H groups in total. The number of benzene rings is 2. The van der Waals surface area contributed by atoms with Gasteiger partial charge in [-0.25, -0.2) is 9.79 Å². The molecule has 1 atom stereocenters. The van der Waals surface area contributed by atoms with E-state index in [1.807, 2.05) is 12.1 Å². The fraction of sp³-hybridized carbons (Fsp3) is 0.240. The molecule has 0 unspecified atom stereocenters. The molecule has 36 heavy (non-hydrogen) atoms. The molecule has 0 saturated heterocycles. The Morgan fingerprint density at radius 1 is 1.19 bits per heavy atom. The number of methoxy groups -OCH3 is 1. The first-order chi connectivity index (χ1) is 17.0. The SMILES string of the molecule is COc1ccc(Br)cc1[C@@H]1C(C(=O)OC(C)C)=C(C)N=c2s/c(=C\c3cc(Br)c(O)c(Br)c3)c(=O)n21. The molecular formula is C25H21Br3N2O5S. The molecule has 0 saturated carbocycles. The molecule has 4 rings (SSSR count). The van der Waals surface area contributed by atoms with Crippen molar-refractivity contribution in [2.45, 2.75) is 32.9 Å². The minimum Gasteiger partial charge on any atom is -0.506 e. The number of halogens is 3. The summed E-state index contributed by atoms with van der Waals surface area (Å²) in [6, 6.07) is 8.06. The van der Waals surface area contributed by atoms with E-state index in [4.69, 9.17) is 9.47 Å². The number of allylic oxidation sites excluding steroid dienone is 1. The quantitative estimate of drug-likeness (QED) is 0.371. The van der Waals surface area contributed by atoms with Crippen molar-refractivity contribution in [3.8, 4) is 11.5 Å². The molecule has 1 aliphatic heterocycles. The molecule has 1 aliphatic rings. The van der Waals surface area contributed by atoms with Crippen LogP contribution in [0.5, 0.6) is 11.5 Å². The van der Waals surface area contributed by atoms with E-state index >= 15 is 0 Å². The highest BCUT2D eigenvalue weighted by molar-refractivity contribution is 9.11. The summed E-state index contributed by atoms with van der Waals surface area (Å²) in [7, 11) is 1.54. The van der Waals surface area contributed by atoms with E-state index in [0.29, 0.717) is 40.9 Å². The highest BCUT2D eigenvalue weighted by Gasteiger charge is 2.35. The van der Waals surface area contributed by atoms with Gasteiger partial charge in [0.1, 0.15) is 17.5 Å². The zero-order valence-electron chi connectivity index (χ0n) is 19.6. The summed E-state index contributed by atoms with van der Waals surface area (Å²) in [5.41, 5.74) is 1.75. The molecule has 2 heterocycles. The third-order valence-corrected chi connectivity index (χ3v) is 8.09. The van der Waals surface area contributed by atoms with E-state index in [1.165, 1.54) is 15.9 Å². The van der Waals surface area contributed by atoms with Crippen LogP contribution < -0.4 is 19.6 Å². The molecule has 0 radical (unpaired) electrons. The number of hydrogen-bond acceptors (Lipinski definition) is 7. The van der Waals surface area contributed by atoms with Crippen LogP contribution in [0.15, 0.2) is 64.8 Å². The number of phenolic OH excluding ortho intramolecular Hbond substituents is 1. The second-order valence-corrected chi connectivity index (χ2v) is 11.9. The van der Waals surface area contributed by atoms with E-state index in [0.717, 1.165) is 4.47 Å². The predicted octanol–water partition coefficient (Wildman–Crippen LogP) is 5.19. The Balaban J connectivity index is 2.01. The molecule has 188 valence electrons. The maximum Gasteiger partial charge on any atom is 0.338 e. The molecule has 0 bridgehead atoms.